The van der Waals surface area contributed by atoms with Crippen LogP contribution in [0, 0.1) is 12.7 Å². The molecule has 13 heteroatoms. The molecule has 0 bridgehead atoms. The van der Waals surface area contributed by atoms with Crippen LogP contribution in [0.4, 0.5) is 4.39 Å². The predicted molar refractivity (Wildman–Crippen MR) is 145 cm³/mol. The van der Waals surface area contributed by atoms with Crippen molar-refractivity contribution in [3.8, 4) is 10.8 Å². The summed E-state index contributed by atoms with van der Waals surface area (Å²) >= 11 is 1.17. The fourth-order valence-corrected chi connectivity index (χ4v) is 5.59. The molecule has 0 aliphatic heterocycles. The standard InChI is InChI=1S/C26H31FN6O5S/c1-14(2)30-21(34)13-31-23(35)22-16(5)24(33-28-9-10-29-33)39-25(22)32(26(31)36)12-20(38-15(3)4)18-11-17(27)7-8-19(18)37-6/h7-11,14-15,20H,12-13H2,1-6H3,(H,30,34). The molecule has 208 valence electrons. The fraction of sp³-hybridized carbons (Fsp3) is 0.423. The van der Waals surface area contributed by atoms with E-state index in [-0.39, 0.29) is 24.1 Å². The number of fused-ring (bicyclic) bond motifs is 1. The number of amides is 1. The van der Waals surface area contributed by atoms with Gasteiger partial charge in [0.25, 0.3) is 5.56 Å². The number of benzene rings is 1. The summed E-state index contributed by atoms with van der Waals surface area (Å²) in [5.74, 6) is -0.575. The van der Waals surface area contributed by atoms with Crippen LogP contribution in [0.2, 0.25) is 0 Å². The van der Waals surface area contributed by atoms with Crippen LogP contribution in [-0.2, 0) is 22.6 Å². The van der Waals surface area contributed by atoms with Crippen molar-refractivity contribution in [3.05, 3.63) is 68.4 Å². The first-order valence-corrected chi connectivity index (χ1v) is 13.2. The summed E-state index contributed by atoms with van der Waals surface area (Å²) in [6, 6.07) is 3.90. The zero-order valence-electron chi connectivity index (χ0n) is 22.6. The molecule has 4 aromatic rings. The number of aryl methyl sites for hydroxylation is 1. The quantitative estimate of drug-likeness (QED) is 0.318. The topological polar surface area (TPSA) is 122 Å². The lowest BCUT2D eigenvalue weighted by Gasteiger charge is -2.24. The second-order valence-corrected chi connectivity index (χ2v) is 10.6. The fourth-order valence-electron chi connectivity index (χ4n) is 4.37. The van der Waals surface area contributed by atoms with Crippen molar-refractivity contribution in [2.45, 2.75) is 66.0 Å². The third kappa shape index (κ3) is 5.78. The van der Waals surface area contributed by atoms with E-state index in [9.17, 15) is 18.8 Å². The van der Waals surface area contributed by atoms with Crippen LogP contribution >= 0.6 is 11.3 Å². The summed E-state index contributed by atoms with van der Waals surface area (Å²) in [7, 11) is 1.47. The van der Waals surface area contributed by atoms with Crippen molar-refractivity contribution in [1.82, 2.24) is 29.4 Å². The number of rotatable bonds is 10. The molecule has 3 heterocycles. The first kappa shape index (κ1) is 28.2. The van der Waals surface area contributed by atoms with E-state index in [0.717, 1.165) is 4.57 Å². The molecule has 0 saturated carbocycles. The Morgan fingerprint density at radius 2 is 1.82 bits per heavy atom. The first-order chi connectivity index (χ1) is 18.5. The molecule has 1 amide bonds. The van der Waals surface area contributed by atoms with E-state index in [1.165, 1.54) is 58.4 Å². The third-order valence-electron chi connectivity index (χ3n) is 5.94. The molecule has 1 atom stereocenters. The minimum atomic E-state index is -0.819. The molecule has 1 aromatic carbocycles. The smallest absolute Gasteiger partial charge is 0.332 e. The van der Waals surface area contributed by atoms with E-state index in [4.69, 9.17) is 9.47 Å². The van der Waals surface area contributed by atoms with Crippen molar-refractivity contribution < 1.29 is 18.7 Å². The summed E-state index contributed by atoms with van der Waals surface area (Å²) in [6.45, 7) is 8.42. The number of hydrogen-bond acceptors (Lipinski definition) is 8. The monoisotopic (exact) mass is 558 g/mol. The van der Waals surface area contributed by atoms with Gasteiger partial charge >= 0.3 is 5.69 Å². The SMILES string of the molecule is COc1ccc(F)cc1C(Cn1c(=O)n(CC(=O)NC(C)C)c(=O)c2c(C)c(-n3nccn3)sc21)OC(C)C. The Kier molecular flexibility index (Phi) is 8.31. The lowest BCUT2D eigenvalue weighted by molar-refractivity contribution is -0.122. The highest BCUT2D eigenvalue weighted by Gasteiger charge is 2.27. The Hall–Kier alpha value is -3.84. The van der Waals surface area contributed by atoms with Crippen molar-refractivity contribution in [1.29, 1.82) is 0 Å². The van der Waals surface area contributed by atoms with Crippen LogP contribution in [-0.4, -0.2) is 49.3 Å². The van der Waals surface area contributed by atoms with E-state index >= 15 is 0 Å². The average molecular weight is 559 g/mol. The minimum Gasteiger partial charge on any atom is -0.496 e. The molecule has 0 saturated heterocycles. The van der Waals surface area contributed by atoms with Gasteiger partial charge in [0.1, 0.15) is 34.0 Å². The van der Waals surface area contributed by atoms with Crippen molar-refractivity contribution in [2.24, 2.45) is 0 Å². The van der Waals surface area contributed by atoms with Gasteiger partial charge in [-0.1, -0.05) is 11.3 Å². The Labute approximate surface area is 227 Å². The molecule has 0 spiro atoms. The number of thiophene rings is 1. The van der Waals surface area contributed by atoms with E-state index in [1.807, 2.05) is 13.8 Å². The van der Waals surface area contributed by atoms with E-state index in [0.29, 0.717) is 26.7 Å². The van der Waals surface area contributed by atoms with Crippen LogP contribution in [0.15, 0.2) is 40.2 Å². The second kappa shape index (κ2) is 11.5. The highest BCUT2D eigenvalue weighted by molar-refractivity contribution is 7.21. The number of nitrogens with one attached hydrogen (secondary N) is 1. The summed E-state index contributed by atoms with van der Waals surface area (Å²) in [5.41, 5.74) is -0.321. The van der Waals surface area contributed by atoms with Crippen LogP contribution in [0.3, 0.4) is 0 Å². The molecule has 0 radical (unpaired) electrons. The van der Waals surface area contributed by atoms with E-state index in [2.05, 4.69) is 15.5 Å². The summed E-state index contributed by atoms with van der Waals surface area (Å²) in [5, 5.41) is 11.9. The number of carbonyl (C=O) groups excluding carboxylic acids is 1. The summed E-state index contributed by atoms with van der Waals surface area (Å²) in [6.07, 6.45) is 1.91. The van der Waals surface area contributed by atoms with Crippen molar-refractivity contribution in [2.75, 3.05) is 7.11 Å². The maximum absolute atomic E-state index is 14.3. The normalized spacial score (nSPS) is 12.4. The van der Waals surface area contributed by atoms with Gasteiger partial charge in [-0.3, -0.25) is 18.7 Å². The van der Waals surface area contributed by atoms with Crippen LogP contribution in [0.5, 0.6) is 5.75 Å². The molecule has 11 nitrogen and oxygen atoms in total. The zero-order chi connectivity index (χ0) is 28.4. The van der Waals surface area contributed by atoms with Gasteiger partial charge in [0.2, 0.25) is 5.91 Å². The molecule has 0 aliphatic carbocycles. The largest absolute Gasteiger partial charge is 0.496 e. The Balaban J connectivity index is 1.97. The lowest BCUT2D eigenvalue weighted by Crippen LogP contribution is -2.45. The summed E-state index contributed by atoms with van der Waals surface area (Å²) in [4.78, 5) is 41.9. The highest BCUT2D eigenvalue weighted by Crippen LogP contribution is 2.34. The third-order valence-corrected chi connectivity index (χ3v) is 7.22. The van der Waals surface area contributed by atoms with Crippen LogP contribution in [0.25, 0.3) is 15.2 Å². The van der Waals surface area contributed by atoms with Gasteiger partial charge in [0.15, 0.2) is 0 Å². The van der Waals surface area contributed by atoms with Crippen molar-refractivity contribution >= 4 is 27.5 Å². The molecule has 1 N–H and O–H groups in total. The Morgan fingerprint density at radius 3 is 2.44 bits per heavy atom. The van der Waals surface area contributed by atoms with Gasteiger partial charge in [-0.05, 0) is 52.8 Å². The molecular weight excluding hydrogens is 527 g/mol. The molecule has 39 heavy (non-hydrogen) atoms. The number of hydrogen-bond donors (Lipinski definition) is 1. The summed E-state index contributed by atoms with van der Waals surface area (Å²) < 4.78 is 28.3. The molecule has 4 rings (SSSR count). The predicted octanol–water partition coefficient (Wildman–Crippen LogP) is 2.95. The van der Waals surface area contributed by atoms with Crippen LogP contribution < -0.4 is 21.3 Å². The minimum absolute atomic E-state index is 0.0780. The van der Waals surface area contributed by atoms with E-state index in [1.54, 1.807) is 20.8 Å². The van der Waals surface area contributed by atoms with Gasteiger partial charge in [-0.25, -0.2) is 9.18 Å². The van der Waals surface area contributed by atoms with Crippen molar-refractivity contribution in [3.63, 3.8) is 0 Å². The number of aromatic nitrogens is 5. The molecule has 3 aromatic heterocycles. The highest BCUT2D eigenvalue weighted by atomic mass is 32.1. The van der Waals surface area contributed by atoms with Gasteiger partial charge in [0, 0.05) is 17.2 Å². The maximum atomic E-state index is 14.3. The zero-order valence-corrected chi connectivity index (χ0v) is 23.4. The van der Waals surface area contributed by atoms with Gasteiger partial charge in [-0.15, -0.1) is 4.80 Å². The van der Waals surface area contributed by atoms with Gasteiger partial charge in [0.05, 0.1) is 37.5 Å². The number of carbonyl (C=O) groups is 1. The van der Waals surface area contributed by atoms with Gasteiger partial charge < -0.3 is 14.8 Å². The number of nitrogens with zero attached hydrogens (tertiary/aromatic N) is 5. The van der Waals surface area contributed by atoms with Gasteiger partial charge in [-0.2, -0.15) is 10.2 Å². The Bertz CT molecular complexity index is 1610. The molecule has 0 fully saturated rings. The maximum Gasteiger partial charge on any atom is 0.332 e. The average Bonchev–Trinajstić information content (AvgIpc) is 3.51. The lowest BCUT2D eigenvalue weighted by atomic mass is 10.1. The first-order valence-electron chi connectivity index (χ1n) is 12.4. The van der Waals surface area contributed by atoms with Crippen LogP contribution in [0.1, 0.15) is 44.9 Å². The van der Waals surface area contributed by atoms with E-state index < -0.39 is 35.6 Å². The molecular formula is C26H31FN6O5S. The Morgan fingerprint density at radius 1 is 1.13 bits per heavy atom. The second-order valence-electron chi connectivity index (χ2n) is 9.60. The molecule has 1 unspecified atom stereocenters. The number of ether oxygens (including phenoxy) is 2. The number of halogens is 1. The number of methoxy groups -OCH3 is 1. The molecule has 0 aliphatic rings.